The quantitative estimate of drug-likeness (QED) is 0.772. The lowest BCUT2D eigenvalue weighted by molar-refractivity contribution is 0.0954. The fourth-order valence-corrected chi connectivity index (χ4v) is 3.20. The van der Waals surface area contributed by atoms with Crippen LogP contribution < -0.4 is 5.32 Å². The molecule has 0 fully saturated rings. The van der Waals surface area contributed by atoms with Gasteiger partial charge in [-0.1, -0.05) is 24.3 Å². The number of fused-ring (bicyclic) bond motifs is 1. The minimum atomic E-state index is -0.00371. The third-order valence-corrected chi connectivity index (χ3v) is 4.96. The molecule has 1 amide bonds. The molecule has 0 spiro atoms. The summed E-state index contributed by atoms with van der Waals surface area (Å²) in [5, 5.41) is 4.32. The van der Waals surface area contributed by atoms with Gasteiger partial charge in [-0.3, -0.25) is 4.79 Å². The predicted octanol–water partition coefficient (Wildman–Crippen LogP) is 4.08. The molecule has 0 radical (unpaired) electrons. The van der Waals surface area contributed by atoms with Crippen LogP contribution in [0.4, 0.5) is 0 Å². The van der Waals surface area contributed by atoms with E-state index in [0.717, 1.165) is 17.5 Å². The van der Waals surface area contributed by atoms with E-state index in [-0.39, 0.29) is 5.91 Å². The molecule has 0 atom stereocenters. The van der Waals surface area contributed by atoms with Gasteiger partial charge in [-0.05, 0) is 62.1 Å². The van der Waals surface area contributed by atoms with Gasteiger partial charge in [0.25, 0.3) is 5.91 Å². The third kappa shape index (κ3) is 2.94. The number of nitrogens with one attached hydrogen (secondary N) is 1. The van der Waals surface area contributed by atoms with E-state index in [0.29, 0.717) is 6.54 Å². The van der Waals surface area contributed by atoms with Crippen molar-refractivity contribution < 1.29 is 4.79 Å². The van der Waals surface area contributed by atoms with Crippen LogP contribution in [0.25, 0.3) is 10.9 Å². The summed E-state index contributed by atoms with van der Waals surface area (Å²) < 4.78 is 2.22. The molecule has 124 valence electrons. The number of nitrogens with zero attached hydrogens (tertiary/aromatic N) is 1. The molecule has 1 heterocycles. The second-order valence-electron chi connectivity index (χ2n) is 6.45. The average molecular weight is 320 g/mol. The lowest BCUT2D eigenvalue weighted by Gasteiger charge is -2.08. The number of carbonyl (C=O) groups is 1. The monoisotopic (exact) mass is 320 g/mol. The molecule has 0 aliphatic rings. The van der Waals surface area contributed by atoms with Crippen LogP contribution in [0.15, 0.2) is 42.5 Å². The van der Waals surface area contributed by atoms with Gasteiger partial charge < -0.3 is 9.88 Å². The molecule has 3 rings (SSSR count). The maximum Gasteiger partial charge on any atom is 0.251 e. The van der Waals surface area contributed by atoms with Crippen molar-refractivity contribution in [3.8, 4) is 0 Å². The van der Waals surface area contributed by atoms with Crippen molar-refractivity contribution in [2.24, 2.45) is 7.05 Å². The number of hydrogen-bond acceptors (Lipinski definition) is 1. The molecular formula is C21H24N2O. The molecular weight excluding hydrogens is 296 g/mol. The van der Waals surface area contributed by atoms with Crippen molar-refractivity contribution in [1.82, 2.24) is 9.88 Å². The van der Waals surface area contributed by atoms with Gasteiger partial charge in [-0.15, -0.1) is 0 Å². The van der Waals surface area contributed by atoms with Crippen molar-refractivity contribution in [3.63, 3.8) is 0 Å². The van der Waals surface area contributed by atoms with Crippen molar-refractivity contribution in [3.05, 3.63) is 70.4 Å². The van der Waals surface area contributed by atoms with Crippen molar-refractivity contribution in [2.75, 3.05) is 6.54 Å². The van der Waals surface area contributed by atoms with Crippen LogP contribution in [-0.4, -0.2) is 17.0 Å². The van der Waals surface area contributed by atoms with E-state index < -0.39 is 0 Å². The molecule has 0 saturated carbocycles. The largest absolute Gasteiger partial charge is 0.352 e. The van der Waals surface area contributed by atoms with Crippen molar-refractivity contribution in [2.45, 2.75) is 27.2 Å². The first-order valence-corrected chi connectivity index (χ1v) is 8.37. The Labute approximate surface area is 143 Å². The standard InChI is InChI=1S/C21H24N2O/c1-14-9-10-17(13-15(14)2)21(24)22-12-11-18-16(3)23(4)20-8-6-5-7-19(18)20/h5-10,13H,11-12H2,1-4H3,(H,22,24). The van der Waals surface area contributed by atoms with E-state index >= 15 is 0 Å². The van der Waals surface area contributed by atoms with Crippen LogP contribution in [0.1, 0.15) is 32.7 Å². The zero-order chi connectivity index (χ0) is 17.3. The highest BCUT2D eigenvalue weighted by Gasteiger charge is 2.12. The number of hydrogen-bond donors (Lipinski definition) is 1. The number of para-hydroxylation sites is 1. The Morgan fingerprint density at radius 3 is 2.54 bits per heavy atom. The molecule has 0 saturated heterocycles. The maximum absolute atomic E-state index is 12.3. The molecule has 2 aromatic carbocycles. The SMILES string of the molecule is Cc1ccc(C(=O)NCCc2c(C)n(C)c3ccccc23)cc1C. The third-order valence-electron chi connectivity index (χ3n) is 4.96. The normalized spacial score (nSPS) is 11.0. The van der Waals surface area contributed by atoms with E-state index in [9.17, 15) is 4.79 Å². The molecule has 3 aromatic rings. The summed E-state index contributed by atoms with van der Waals surface area (Å²) in [6.07, 6.45) is 0.837. The molecule has 3 heteroatoms. The van der Waals surface area contributed by atoms with E-state index in [1.807, 2.05) is 25.1 Å². The summed E-state index contributed by atoms with van der Waals surface area (Å²) >= 11 is 0. The Morgan fingerprint density at radius 2 is 1.79 bits per heavy atom. The number of benzene rings is 2. The number of aromatic nitrogens is 1. The lowest BCUT2D eigenvalue weighted by atomic mass is 10.1. The first kappa shape index (κ1) is 16.3. The van der Waals surface area contributed by atoms with Crippen molar-refractivity contribution in [1.29, 1.82) is 0 Å². The second kappa shape index (κ2) is 6.52. The summed E-state index contributed by atoms with van der Waals surface area (Å²) in [6, 6.07) is 14.3. The van der Waals surface area contributed by atoms with Gasteiger partial charge in [0, 0.05) is 35.8 Å². The molecule has 24 heavy (non-hydrogen) atoms. The molecule has 3 nitrogen and oxygen atoms in total. The molecule has 0 unspecified atom stereocenters. The van der Waals surface area contributed by atoms with Gasteiger partial charge in [0.15, 0.2) is 0 Å². The van der Waals surface area contributed by atoms with E-state index in [1.54, 1.807) is 0 Å². The maximum atomic E-state index is 12.3. The van der Waals surface area contributed by atoms with Gasteiger partial charge in [-0.2, -0.15) is 0 Å². The van der Waals surface area contributed by atoms with Gasteiger partial charge in [-0.25, -0.2) is 0 Å². The highest BCUT2D eigenvalue weighted by Crippen LogP contribution is 2.24. The zero-order valence-corrected chi connectivity index (χ0v) is 14.8. The minimum absolute atomic E-state index is 0.00371. The number of rotatable bonds is 4. The van der Waals surface area contributed by atoms with E-state index in [1.165, 1.54) is 27.7 Å². The molecule has 1 aromatic heterocycles. The second-order valence-corrected chi connectivity index (χ2v) is 6.45. The molecule has 1 N–H and O–H groups in total. The Morgan fingerprint density at radius 1 is 1.04 bits per heavy atom. The summed E-state index contributed by atoms with van der Waals surface area (Å²) in [4.78, 5) is 12.3. The van der Waals surface area contributed by atoms with Crippen LogP contribution in [0.2, 0.25) is 0 Å². The van der Waals surface area contributed by atoms with Gasteiger partial charge in [0.2, 0.25) is 0 Å². The summed E-state index contributed by atoms with van der Waals surface area (Å²) in [5.74, 6) is -0.00371. The first-order valence-electron chi connectivity index (χ1n) is 8.37. The molecule has 0 aliphatic carbocycles. The van der Waals surface area contributed by atoms with Crippen LogP contribution in [0.5, 0.6) is 0 Å². The van der Waals surface area contributed by atoms with Crippen LogP contribution >= 0.6 is 0 Å². The Balaban J connectivity index is 1.72. The van der Waals surface area contributed by atoms with Gasteiger partial charge in [0.1, 0.15) is 0 Å². The highest BCUT2D eigenvalue weighted by atomic mass is 16.1. The summed E-state index contributed by atoms with van der Waals surface area (Å²) in [5.41, 5.74) is 6.90. The fraction of sp³-hybridized carbons (Fsp3) is 0.286. The first-order chi connectivity index (χ1) is 11.5. The van der Waals surface area contributed by atoms with E-state index in [2.05, 4.69) is 55.0 Å². The zero-order valence-electron chi connectivity index (χ0n) is 14.8. The van der Waals surface area contributed by atoms with E-state index in [4.69, 9.17) is 0 Å². The molecule has 0 aliphatic heterocycles. The number of aryl methyl sites for hydroxylation is 3. The Bertz CT molecular complexity index is 906. The fourth-order valence-electron chi connectivity index (χ4n) is 3.20. The Hall–Kier alpha value is -2.55. The van der Waals surface area contributed by atoms with Gasteiger partial charge in [0.05, 0.1) is 0 Å². The number of carbonyl (C=O) groups excluding carboxylic acids is 1. The van der Waals surface area contributed by atoms with Crippen LogP contribution in [0.3, 0.4) is 0 Å². The number of amides is 1. The highest BCUT2D eigenvalue weighted by molar-refractivity contribution is 5.94. The topological polar surface area (TPSA) is 34.0 Å². The van der Waals surface area contributed by atoms with Crippen LogP contribution in [-0.2, 0) is 13.5 Å². The summed E-state index contributed by atoms with van der Waals surface area (Å²) in [6.45, 7) is 6.87. The predicted molar refractivity (Wildman–Crippen MR) is 99.6 cm³/mol. The lowest BCUT2D eigenvalue weighted by Crippen LogP contribution is -2.25. The Kier molecular flexibility index (Phi) is 4.43. The molecule has 0 bridgehead atoms. The average Bonchev–Trinajstić information content (AvgIpc) is 2.82. The van der Waals surface area contributed by atoms with Crippen LogP contribution in [0, 0.1) is 20.8 Å². The smallest absolute Gasteiger partial charge is 0.251 e. The van der Waals surface area contributed by atoms with Crippen molar-refractivity contribution >= 4 is 16.8 Å². The summed E-state index contributed by atoms with van der Waals surface area (Å²) in [7, 11) is 2.09. The minimum Gasteiger partial charge on any atom is -0.352 e. The van der Waals surface area contributed by atoms with Gasteiger partial charge >= 0.3 is 0 Å².